The maximum absolute atomic E-state index is 11.7. The predicted octanol–water partition coefficient (Wildman–Crippen LogP) is -0.356. The number of hydrogen-bond acceptors (Lipinski definition) is 3. The van der Waals surface area contributed by atoms with Gasteiger partial charge in [-0.25, -0.2) is 4.79 Å². The van der Waals surface area contributed by atoms with Gasteiger partial charge in [-0.3, -0.25) is 9.59 Å². The molecule has 17 heavy (non-hydrogen) atoms. The number of aliphatic carboxylic acids is 1. The summed E-state index contributed by atoms with van der Waals surface area (Å²) in [6, 6.07) is -1.19. The lowest BCUT2D eigenvalue weighted by Gasteiger charge is -2.13. The Kier molecular flexibility index (Phi) is 5.42. The van der Waals surface area contributed by atoms with Crippen LogP contribution in [0.15, 0.2) is 0 Å². The number of hydrogen-bond donors (Lipinski definition) is 3. The third-order valence-electron chi connectivity index (χ3n) is 1.71. The fourth-order valence-corrected chi connectivity index (χ4v) is 0.845. The van der Waals surface area contributed by atoms with Gasteiger partial charge in [-0.15, -0.1) is 0 Å². The lowest BCUT2D eigenvalue weighted by atomic mass is 10.2. The smallest absolute Gasteiger partial charge is 0.471 e. The van der Waals surface area contributed by atoms with E-state index in [2.05, 4.69) is 0 Å². The van der Waals surface area contributed by atoms with E-state index in [1.165, 1.54) is 12.2 Å². The quantitative estimate of drug-likeness (QED) is 0.626. The molecule has 6 nitrogen and oxygen atoms in total. The van der Waals surface area contributed by atoms with Gasteiger partial charge in [0.25, 0.3) is 0 Å². The van der Waals surface area contributed by atoms with Crippen LogP contribution in [-0.4, -0.2) is 41.7 Å². The van der Waals surface area contributed by atoms with E-state index in [0.29, 0.717) is 0 Å². The molecule has 0 bridgehead atoms. The van der Waals surface area contributed by atoms with Gasteiger partial charge in [-0.05, 0) is 6.42 Å². The first-order valence-electron chi connectivity index (χ1n) is 4.55. The number of nitrogens with one attached hydrogen (secondary N) is 2. The SMILES string of the molecule is CCC(NC(=O)CNC(=O)C(F)(F)F)C(=O)O. The van der Waals surface area contributed by atoms with Gasteiger partial charge in [0.2, 0.25) is 5.91 Å². The maximum Gasteiger partial charge on any atom is 0.471 e. The van der Waals surface area contributed by atoms with Crippen LogP contribution in [0.2, 0.25) is 0 Å². The van der Waals surface area contributed by atoms with E-state index in [-0.39, 0.29) is 6.42 Å². The highest BCUT2D eigenvalue weighted by Crippen LogP contribution is 2.13. The van der Waals surface area contributed by atoms with Crippen molar-refractivity contribution in [3.05, 3.63) is 0 Å². The zero-order valence-electron chi connectivity index (χ0n) is 8.80. The number of carbonyl (C=O) groups is 3. The van der Waals surface area contributed by atoms with E-state index in [1.807, 2.05) is 5.32 Å². The van der Waals surface area contributed by atoms with Gasteiger partial charge >= 0.3 is 18.1 Å². The van der Waals surface area contributed by atoms with Crippen molar-refractivity contribution in [3.63, 3.8) is 0 Å². The monoisotopic (exact) mass is 256 g/mol. The Morgan fingerprint density at radius 2 is 1.82 bits per heavy atom. The van der Waals surface area contributed by atoms with E-state index in [4.69, 9.17) is 5.11 Å². The number of amides is 2. The molecule has 0 saturated carbocycles. The molecule has 0 radical (unpaired) electrons. The summed E-state index contributed by atoms with van der Waals surface area (Å²) in [5.74, 6) is -4.56. The van der Waals surface area contributed by atoms with Crippen LogP contribution in [-0.2, 0) is 14.4 Å². The first-order chi connectivity index (χ1) is 7.68. The van der Waals surface area contributed by atoms with Crippen LogP contribution in [0.4, 0.5) is 13.2 Å². The molecule has 1 unspecified atom stereocenters. The molecule has 0 aromatic carbocycles. The second kappa shape index (κ2) is 6.06. The Balaban J connectivity index is 4.12. The molecule has 0 aromatic heterocycles. The molecule has 1 atom stereocenters. The van der Waals surface area contributed by atoms with Crippen molar-refractivity contribution in [2.75, 3.05) is 6.54 Å². The third-order valence-corrected chi connectivity index (χ3v) is 1.71. The molecule has 98 valence electrons. The Labute approximate surface area is 94.2 Å². The Hall–Kier alpha value is -1.80. The molecular weight excluding hydrogens is 245 g/mol. The fraction of sp³-hybridized carbons (Fsp3) is 0.625. The number of carbonyl (C=O) groups excluding carboxylic acids is 2. The molecule has 2 amide bonds. The van der Waals surface area contributed by atoms with Crippen LogP contribution in [0.25, 0.3) is 0 Å². The molecule has 0 saturated heterocycles. The molecule has 0 aliphatic carbocycles. The number of alkyl halides is 3. The summed E-state index contributed by atoms with van der Waals surface area (Å²) >= 11 is 0. The van der Waals surface area contributed by atoms with E-state index >= 15 is 0 Å². The van der Waals surface area contributed by atoms with Crippen LogP contribution in [0.5, 0.6) is 0 Å². The van der Waals surface area contributed by atoms with Gasteiger partial charge in [0.1, 0.15) is 6.04 Å². The maximum atomic E-state index is 11.7. The summed E-state index contributed by atoms with van der Waals surface area (Å²) < 4.78 is 35.2. The lowest BCUT2D eigenvalue weighted by Crippen LogP contribution is -2.47. The number of rotatable bonds is 5. The minimum Gasteiger partial charge on any atom is -0.480 e. The molecule has 0 heterocycles. The van der Waals surface area contributed by atoms with Crippen molar-refractivity contribution >= 4 is 17.8 Å². The average Bonchev–Trinajstić information content (AvgIpc) is 2.20. The topological polar surface area (TPSA) is 95.5 Å². The summed E-state index contributed by atoms with van der Waals surface area (Å²) in [4.78, 5) is 31.8. The molecule has 0 aromatic rings. The van der Waals surface area contributed by atoms with Crippen molar-refractivity contribution in [3.8, 4) is 0 Å². The van der Waals surface area contributed by atoms with Crippen LogP contribution >= 0.6 is 0 Å². The highest BCUT2D eigenvalue weighted by molar-refractivity contribution is 5.89. The summed E-state index contributed by atoms with van der Waals surface area (Å²) in [6.45, 7) is 0.551. The van der Waals surface area contributed by atoms with E-state index in [9.17, 15) is 27.6 Å². The molecule has 0 aliphatic rings. The van der Waals surface area contributed by atoms with E-state index < -0.39 is 36.5 Å². The highest BCUT2D eigenvalue weighted by atomic mass is 19.4. The fourth-order valence-electron chi connectivity index (χ4n) is 0.845. The second-order valence-electron chi connectivity index (χ2n) is 3.05. The zero-order chi connectivity index (χ0) is 13.6. The van der Waals surface area contributed by atoms with Crippen LogP contribution < -0.4 is 10.6 Å². The van der Waals surface area contributed by atoms with Crippen LogP contribution in [0, 0.1) is 0 Å². The standard InChI is InChI=1S/C8H11F3N2O4/c1-2-4(6(15)16)13-5(14)3-12-7(17)8(9,10)11/h4H,2-3H2,1H3,(H,12,17)(H,13,14)(H,15,16). The normalized spacial score (nSPS) is 12.7. The van der Waals surface area contributed by atoms with Gasteiger partial charge < -0.3 is 15.7 Å². The molecule has 0 aliphatic heterocycles. The average molecular weight is 256 g/mol. The van der Waals surface area contributed by atoms with E-state index in [0.717, 1.165) is 0 Å². The van der Waals surface area contributed by atoms with E-state index in [1.54, 1.807) is 0 Å². The van der Waals surface area contributed by atoms with Crippen LogP contribution in [0.3, 0.4) is 0 Å². The minimum absolute atomic E-state index is 0.0777. The lowest BCUT2D eigenvalue weighted by molar-refractivity contribution is -0.173. The van der Waals surface area contributed by atoms with Gasteiger partial charge in [0.15, 0.2) is 0 Å². The summed E-state index contributed by atoms with van der Waals surface area (Å²) in [6.07, 6.45) is -4.99. The van der Waals surface area contributed by atoms with Crippen molar-refractivity contribution in [2.45, 2.75) is 25.6 Å². The predicted molar refractivity (Wildman–Crippen MR) is 48.9 cm³/mol. The molecule has 0 spiro atoms. The first kappa shape index (κ1) is 15.2. The van der Waals surface area contributed by atoms with Gasteiger partial charge in [0.05, 0.1) is 6.54 Å². The first-order valence-corrected chi connectivity index (χ1v) is 4.55. The summed E-state index contributed by atoms with van der Waals surface area (Å²) in [7, 11) is 0. The Bertz CT molecular complexity index is 316. The largest absolute Gasteiger partial charge is 0.480 e. The molecule has 0 rings (SSSR count). The molecular formula is C8H11F3N2O4. The highest BCUT2D eigenvalue weighted by Gasteiger charge is 2.38. The summed E-state index contributed by atoms with van der Waals surface area (Å²) in [5.41, 5.74) is 0. The molecule has 9 heteroatoms. The van der Waals surface area contributed by atoms with Crippen LogP contribution in [0.1, 0.15) is 13.3 Å². The zero-order valence-corrected chi connectivity index (χ0v) is 8.80. The van der Waals surface area contributed by atoms with Crippen molar-refractivity contribution < 1.29 is 32.7 Å². The Morgan fingerprint density at radius 1 is 1.29 bits per heavy atom. The number of carboxylic acid groups (broad SMARTS) is 1. The van der Waals surface area contributed by atoms with Gasteiger partial charge in [0, 0.05) is 0 Å². The van der Waals surface area contributed by atoms with Gasteiger partial charge in [-0.1, -0.05) is 6.92 Å². The molecule has 0 fully saturated rings. The molecule has 3 N–H and O–H groups in total. The summed E-state index contributed by atoms with van der Waals surface area (Å²) in [5, 5.41) is 11.8. The second-order valence-corrected chi connectivity index (χ2v) is 3.05. The van der Waals surface area contributed by atoms with Gasteiger partial charge in [-0.2, -0.15) is 13.2 Å². The number of halogens is 3. The van der Waals surface area contributed by atoms with Crippen molar-refractivity contribution in [2.24, 2.45) is 0 Å². The third kappa shape index (κ3) is 5.73. The minimum atomic E-state index is -5.07. The van der Waals surface area contributed by atoms with Crippen molar-refractivity contribution in [1.29, 1.82) is 0 Å². The number of carboxylic acids is 1. The Morgan fingerprint density at radius 3 is 2.18 bits per heavy atom. The van der Waals surface area contributed by atoms with Crippen molar-refractivity contribution in [1.82, 2.24) is 10.6 Å².